The maximum Gasteiger partial charge on any atom is 0.0406 e. The van der Waals surface area contributed by atoms with Gasteiger partial charge in [0.25, 0.3) is 0 Å². The molecule has 2 unspecified atom stereocenters. The van der Waals surface area contributed by atoms with Crippen LogP contribution in [0.15, 0.2) is 41.1 Å². The second-order valence-electron chi connectivity index (χ2n) is 4.68. The summed E-state index contributed by atoms with van der Waals surface area (Å²) in [7, 11) is 0. The number of hydrogen-bond acceptors (Lipinski definition) is 2. The molecule has 2 atom stereocenters. The minimum absolute atomic E-state index is 0.343. The van der Waals surface area contributed by atoms with E-state index in [2.05, 4.69) is 48.1 Å². The lowest BCUT2D eigenvalue weighted by Gasteiger charge is -2.20. The highest BCUT2D eigenvalue weighted by Gasteiger charge is 2.10. The van der Waals surface area contributed by atoms with E-state index in [0.717, 1.165) is 11.4 Å². The molecule has 0 amide bonds. The highest BCUT2D eigenvalue weighted by molar-refractivity contribution is 7.07. The molecule has 2 rings (SSSR count). The van der Waals surface area contributed by atoms with Crippen molar-refractivity contribution in [2.75, 3.05) is 0 Å². The van der Waals surface area contributed by atoms with E-state index >= 15 is 0 Å². The van der Waals surface area contributed by atoms with Crippen molar-refractivity contribution in [2.24, 2.45) is 0 Å². The zero-order valence-corrected chi connectivity index (χ0v) is 12.3. The molecule has 0 radical (unpaired) electrons. The number of benzene rings is 1. The van der Waals surface area contributed by atoms with Crippen LogP contribution in [0, 0.1) is 0 Å². The van der Waals surface area contributed by atoms with Crippen LogP contribution < -0.4 is 5.32 Å². The van der Waals surface area contributed by atoms with Gasteiger partial charge in [-0.2, -0.15) is 11.3 Å². The van der Waals surface area contributed by atoms with Crippen molar-refractivity contribution in [3.8, 4) is 0 Å². The van der Waals surface area contributed by atoms with Gasteiger partial charge in [-0.05, 0) is 60.4 Å². The lowest BCUT2D eigenvalue weighted by molar-refractivity contribution is 0.477. The van der Waals surface area contributed by atoms with Crippen LogP contribution in [0.5, 0.6) is 0 Å². The number of halogens is 1. The van der Waals surface area contributed by atoms with Gasteiger partial charge >= 0.3 is 0 Å². The first kappa shape index (κ1) is 13.6. The predicted molar refractivity (Wildman–Crippen MR) is 80.5 cm³/mol. The number of thiophene rings is 1. The Hall–Kier alpha value is -0.830. The Labute approximate surface area is 118 Å². The van der Waals surface area contributed by atoms with Crippen LogP contribution in [-0.2, 0) is 6.42 Å². The molecule has 1 aromatic carbocycles. The van der Waals surface area contributed by atoms with Gasteiger partial charge in [-0.3, -0.25) is 0 Å². The fraction of sp³-hybridized carbons (Fsp3) is 0.333. The van der Waals surface area contributed by atoms with Gasteiger partial charge in [0, 0.05) is 17.1 Å². The van der Waals surface area contributed by atoms with E-state index in [4.69, 9.17) is 11.6 Å². The summed E-state index contributed by atoms with van der Waals surface area (Å²) in [6.07, 6.45) is 1.07. The molecule has 1 heterocycles. The molecule has 0 bridgehead atoms. The van der Waals surface area contributed by atoms with E-state index in [-0.39, 0.29) is 0 Å². The predicted octanol–water partition coefficient (Wildman–Crippen LogP) is 4.68. The van der Waals surface area contributed by atoms with Crippen LogP contribution in [0.1, 0.15) is 31.0 Å². The standard InChI is InChI=1S/C15H18ClNS/c1-11(9-13-7-8-18-10-13)17-12(2)14-3-5-15(16)6-4-14/h3-8,10-12,17H,9H2,1-2H3. The van der Waals surface area contributed by atoms with Crippen molar-refractivity contribution in [1.82, 2.24) is 5.32 Å². The Morgan fingerprint density at radius 3 is 2.50 bits per heavy atom. The summed E-state index contributed by atoms with van der Waals surface area (Å²) in [6.45, 7) is 4.41. The topological polar surface area (TPSA) is 12.0 Å². The van der Waals surface area contributed by atoms with E-state index in [0.29, 0.717) is 12.1 Å². The maximum atomic E-state index is 5.90. The van der Waals surface area contributed by atoms with Crippen LogP contribution in [0.3, 0.4) is 0 Å². The van der Waals surface area contributed by atoms with Crippen LogP contribution in [-0.4, -0.2) is 6.04 Å². The third-order valence-electron chi connectivity index (χ3n) is 3.03. The van der Waals surface area contributed by atoms with Gasteiger partial charge in [0.2, 0.25) is 0 Å². The highest BCUT2D eigenvalue weighted by atomic mass is 35.5. The van der Waals surface area contributed by atoms with Crippen molar-refractivity contribution in [3.05, 3.63) is 57.2 Å². The van der Waals surface area contributed by atoms with Crippen LogP contribution in [0.4, 0.5) is 0 Å². The first-order chi connectivity index (χ1) is 8.65. The second-order valence-corrected chi connectivity index (χ2v) is 5.89. The van der Waals surface area contributed by atoms with Gasteiger partial charge in [0.15, 0.2) is 0 Å². The minimum Gasteiger partial charge on any atom is -0.307 e. The van der Waals surface area contributed by atoms with Gasteiger partial charge in [0.1, 0.15) is 0 Å². The molecule has 18 heavy (non-hydrogen) atoms. The molecule has 1 aromatic heterocycles. The number of rotatable bonds is 5. The maximum absolute atomic E-state index is 5.90. The largest absolute Gasteiger partial charge is 0.307 e. The molecule has 0 spiro atoms. The summed E-state index contributed by atoms with van der Waals surface area (Å²) >= 11 is 7.65. The summed E-state index contributed by atoms with van der Waals surface area (Å²) in [5.74, 6) is 0. The van der Waals surface area contributed by atoms with Crippen molar-refractivity contribution in [1.29, 1.82) is 0 Å². The monoisotopic (exact) mass is 279 g/mol. The highest BCUT2D eigenvalue weighted by Crippen LogP contribution is 2.17. The SMILES string of the molecule is CC(Cc1ccsc1)NC(C)c1ccc(Cl)cc1. The van der Waals surface area contributed by atoms with Crippen molar-refractivity contribution in [2.45, 2.75) is 32.4 Å². The summed E-state index contributed by atoms with van der Waals surface area (Å²) in [4.78, 5) is 0. The molecular formula is C15H18ClNS. The minimum atomic E-state index is 0.343. The Kier molecular flexibility index (Phi) is 4.81. The first-order valence-electron chi connectivity index (χ1n) is 6.17. The van der Waals surface area contributed by atoms with Crippen LogP contribution >= 0.6 is 22.9 Å². The molecule has 3 heteroatoms. The molecule has 2 aromatic rings. The summed E-state index contributed by atoms with van der Waals surface area (Å²) in [5, 5.41) is 8.75. The second kappa shape index (κ2) is 6.37. The molecular weight excluding hydrogens is 262 g/mol. The summed E-state index contributed by atoms with van der Waals surface area (Å²) in [6, 6.07) is 11.0. The lowest BCUT2D eigenvalue weighted by atomic mass is 10.1. The van der Waals surface area contributed by atoms with E-state index in [9.17, 15) is 0 Å². The Morgan fingerprint density at radius 2 is 1.89 bits per heavy atom. The van der Waals surface area contributed by atoms with Gasteiger partial charge in [0.05, 0.1) is 0 Å². The molecule has 0 saturated carbocycles. The van der Waals surface area contributed by atoms with Crippen molar-refractivity contribution in [3.63, 3.8) is 0 Å². The first-order valence-corrected chi connectivity index (χ1v) is 7.50. The molecule has 96 valence electrons. The van der Waals surface area contributed by atoms with Gasteiger partial charge in [-0.25, -0.2) is 0 Å². The average molecular weight is 280 g/mol. The third kappa shape index (κ3) is 3.84. The van der Waals surface area contributed by atoms with Crippen LogP contribution in [0.25, 0.3) is 0 Å². The van der Waals surface area contributed by atoms with Gasteiger partial charge in [-0.1, -0.05) is 23.7 Å². The molecule has 0 aliphatic heterocycles. The summed E-state index contributed by atoms with van der Waals surface area (Å²) < 4.78 is 0. The smallest absolute Gasteiger partial charge is 0.0406 e. The molecule has 1 N–H and O–H groups in total. The molecule has 0 saturated heterocycles. The summed E-state index contributed by atoms with van der Waals surface area (Å²) in [5.41, 5.74) is 2.68. The number of hydrogen-bond donors (Lipinski definition) is 1. The molecule has 1 nitrogen and oxygen atoms in total. The van der Waals surface area contributed by atoms with Gasteiger partial charge < -0.3 is 5.32 Å². The molecule has 0 aliphatic rings. The Bertz CT molecular complexity index is 464. The zero-order valence-electron chi connectivity index (χ0n) is 10.7. The van der Waals surface area contributed by atoms with Crippen LogP contribution in [0.2, 0.25) is 5.02 Å². The van der Waals surface area contributed by atoms with E-state index in [1.54, 1.807) is 11.3 Å². The Balaban J connectivity index is 1.90. The van der Waals surface area contributed by atoms with Crippen molar-refractivity contribution < 1.29 is 0 Å². The van der Waals surface area contributed by atoms with Crippen molar-refractivity contribution >= 4 is 22.9 Å². The fourth-order valence-corrected chi connectivity index (χ4v) is 2.90. The normalized spacial score (nSPS) is 14.4. The van der Waals surface area contributed by atoms with E-state index in [1.165, 1.54) is 11.1 Å². The zero-order chi connectivity index (χ0) is 13.0. The quantitative estimate of drug-likeness (QED) is 0.838. The van der Waals surface area contributed by atoms with E-state index < -0.39 is 0 Å². The fourth-order valence-electron chi connectivity index (χ4n) is 2.10. The number of nitrogens with one attached hydrogen (secondary N) is 1. The third-order valence-corrected chi connectivity index (χ3v) is 4.01. The molecule has 0 fully saturated rings. The molecule has 0 aliphatic carbocycles. The lowest BCUT2D eigenvalue weighted by Crippen LogP contribution is -2.30. The Morgan fingerprint density at radius 1 is 1.17 bits per heavy atom. The van der Waals surface area contributed by atoms with Gasteiger partial charge in [-0.15, -0.1) is 0 Å². The average Bonchev–Trinajstić information content (AvgIpc) is 2.82. The van der Waals surface area contributed by atoms with E-state index in [1.807, 2.05) is 12.1 Å².